The van der Waals surface area contributed by atoms with Gasteiger partial charge >= 0.3 is 0 Å². The number of hydrogen-bond donors (Lipinski definition) is 0. The summed E-state index contributed by atoms with van der Waals surface area (Å²) in [6.45, 7) is 16.1. The molecular formula is C49H109O11P2-3. The summed E-state index contributed by atoms with van der Waals surface area (Å²) < 4.78 is 51.8. The first-order valence-electron chi connectivity index (χ1n) is 23.7. The van der Waals surface area contributed by atoms with E-state index in [0.717, 1.165) is 56.3 Å². The average molecular weight is 936 g/mol. The Morgan fingerprint density at radius 3 is 0.742 bits per heavy atom. The van der Waals surface area contributed by atoms with Crippen molar-refractivity contribution in [2.75, 3.05) is 59.5 Å². The summed E-state index contributed by atoms with van der Waals surface area (Å²) in [6.07, 6.45) is 34.2. The van der Waals surface area contributed by atoms with Gasteiger partial charge in [-0.1, -0.05) is 225 Å². The first-order chi connectivity index (χ1) is 27.7. The zero-order chi connectivity index (χ0) is 43.4. The molecule has 0 aromatic heterocycles. The summed E-state index contributed by atoms with van der Waals surface area (Å²) in [7, 11) is -9.11. The van der Waals surface area contributed by atoms with Crippen LogP contribution in [0.25, 0.3) is 0 Å². The third kappa shape index (κ3) is 71.7. The van der Waals surface area contributed by atoms with Gasteiger partial charge in [0.1, 0.15) is 0 Å². The molecule has 11 nitrogen and oxygen atoms in total. The first kappa shape index (κ1) is 73.7. The lowest BCUT2D eigenvalue weighted by atomic mass is 10.0. The maximum atomic E-state index is 11.8. The van der Waals surface area contributed by atoms with Crippen LogP contribution < -0.4 is 14.7 Å². The van der Waals surface area contributed by atoms with Crippen molar-refractivity contribution < 1.29 is 51.6 Å². The van der Waals surface area contributed by atoms with Crippen molar-refractivity contribution in [3.8, 4) is 0 Å². The molecule has 0 aromatic rings. The van der Waals surface area contributed by atoms with Gasteiger partial charge in [-0.3, -0.25) is 4.57 Å². The first-order valence-corrected chi connectivity index (χ1v) is 26.7. The lowest BCUT2D eigenvalue weighted by molar-refractivity contribution is -0.342. The molecule has 0 atom stereocenters. The Hall–Kier alpha value is 0.1000. The summed E-state index contributed by atoms with van der Waals surface area (Å²) in [5.41, 5.74) is 0. The monoisotopic (exact) mass is 936 g/mol. The van der Waals surface area contributed by atoms with Gasteiger partial charge in [-0.25, -0.2) is 0 Å². The minimum Gasteiger partial charge on any atom is -0.790 e. The summed E-state index contributed by atoms with van der Waals surface area (Å²) in [5.74, 6) is 2.47. The summed E-state index contributed by atoms with van der Waals surface area (Å²) in [6, 6.07) is 0. The Morgan fingerprint density at radius 1 is 0.306 bits per heavy atom. The van der Waals surface area contributed by atoms with E-state index in [2.05, 4.69) is 46.1 Å². The third-order valence-corrected chi connectivity index (χ3v) is 11.4. The van der Waals surface area contributed by atoms with Crippen molar-refractivity contribution in [1.82, 2.24) is 0 Å². The third-order valence-electron chi connectivity index (χ3n) is 9.89. The molecular weight excluding hydrogens is 826 g/mol. The zero-order valence-electron chi connectivity index (χ0n) is 38.6. The Kier molecular flexibility index (Phi) is 65.9. The van der Waals surface area contributed by atoms with E-state index in [1.54, 1.807) is 0 Å². The fraction of sp³-hybridized carbons (Fsp3) is 1.00. The van der Waals surface area contributed by atoms with E-state index in [1.165, 1.54) is 135 Å². The van der Waals surface area contributed by atoms with Gasteiger partial charge in [-0.15, -0.1) is 0 Å². The van der Waals surface area contributed by atoms with E-state index in [4.69, 9.17) is 23.3 Å². The smallest absolute Gasteiger partial charge is 0.268 e. The van der Waals surface area contributed by atoms with Crippen LogP contribution >= 0.6 is 15.6 Å². The van der Waals surface area contributed by atoms with Gasteiger partial charge in [0.15, 0.2) is 0 Å². The molecule has 384 valence electrons. The topological polar surface area (TPSA) is 159 Å². The van der Waals surface area contributed by atoms with E-state index in [9.17, 15) is 23.8 Å². The maximum absolute atomic E-state index is 11.8. The van der Waals surface area contributed by atoms with Crippen LogP contribution in [-0.2, 0) is 36.9 Å². The highest BCUT2D eigenvalue weighted by molar-refractivity contribution is 7.45. The average Bonchev–Trinajstić information content (AvgIpc) is 3.14. The normalized spacial score (nSPS) is 11.5. The number of phosphoric acid groups is 2. The molecule has 0 N–H and O–H groups in total. The van der Waals surface area contributed by atoms with Gasteiger partial charge in [0.2, 0.25) is 0 Å². The van der Waals surface area contributed by atoms with Crippen molar-refractivity contribution in [3.63, 3.8) is 0 Å². The van der Waals surface area contributed by atoms with Crippen LogP contribution in [-0.4, -0.2) is 59.5 Å². The molecule has 0 aliphatic carbocycles. The van der Waals surface area contributed by atoms with E-state index < -0.39 is 15.6 Å². The lowest BCUT2D eigenvalue weighted by Gasteiger charge is -2.28. The fourth-order valence-electron chi connectivity index (χ4n) is 6.42. The number of hydrogen-bond acceptors (Lipinski definition) is 11. The Labute approximate surface area is 387 Å². The van der Waals surface area contributed by atoms with Gasteiger partial charge in [0.05, 0.1) is 47.5 Å². The predicted octanol–water partition coefficient (Wildman–Crippen LogP) is 14.4. The molecule has 0 unspecified atom stereocenters. The minimum absolute atomic E-state index is 0. The molecule has 0 saturated carbocycles. The Balaban J connectivity index is -0.000000270. The van der Waals surface area contributed by atoms with Gasteiger partial charge in [0, 0.05) is 19.8 Å². The predicted molar refractivity (Wildman–Crippen MR) is 262 cm³/mol. The van der Waals surface area contributed by atoms with Gasteiger partial charge in [-0.2, -0.15) is 0 Å². The van der Waals surface area contributed by atoms with Crippen LogP contribution in [0, 0.1) is 17.8 Å². The molecule has 0 bridgehead atoms. The molecule has 0 spiro atoms. The number of unbranched alkanes of at least 4 members (excludes halogenated alkanes) is 21. The second-order valence-corrected chi connectivity index (χ2v) is 19.8. The quantitative estimate of drug-likeness (QED) is 0.0422. The van der Waals surface area contributed by atoms with Crippen LogP contribution in [0.1, 0.15) is 245 Å². The number of phosphoric ester groups is 2. The molecule has 13 heteroatoms. The Bertz CT molecular complexity index is 863. The molecule has 62 heavy (non-hydrogen) atoms. The van der Waals surface area contributed by atoms with E-state index >= 15 is 0 Å². The highest BCUT2D eigenvalue weighted by Gasteiger charge is 2.09. The van der Waals surface area contributed by atoms with Crippen LogP contribution in [0.4, 0.5) is 0 Å². The lowest BCUT2D eigenvalue weighted by Crippen LogP contribution is -2.18. The molecule has 0 aromatic carbocycles. The van der Waals surface area contributed by atoms with Gasteiger partial charge in [-0.05, 0) is 37.0 Å². The van der Waals surface area contributed by atoms with Gasteiger partial charge in [0.25, 0.3) is 7.82 Å². The van der Waals surface area contributed by atoms with E-state index in [0.29, 0.717) is 19.8 Å². The summed E-state index contributed by atoms with van der Waals surface area (Å²) >= 11 is 0. The van der Waals surface area contributed by atoms with E-state index in [1.807, 2.05) is 0 Å². The van der Waals surface area contributed by atoms with Crippen LogP contribution in [0.15, 0.2) is 0 Å². The fourth-order valence-corrected chi connectivity index (χ4v) is 7.39. The SMILES string of the molecule is C.C.C.C.CC(C)CCCCCCCCCCOCCOP(=O)([O-])OCCOCCCCCCCCCCC(C)C.CC(C)CCCCCCCCCCOCCOP(=O)([O-])[O-]. The summed E-state index contributed by atoms with van der Waals surface area (Å²) in [4.78, 5) is 32.1. The number of rotatable bonds is 45. The van der Waals surface area contributed by atoms with Crippen molar-refractivity contribution in [2.24, 2.45) is 17.8 Å². The second kappa shape index (κ2) is 55.4. The van der Waals surface area contributed by atoms with Crippen molar-refractivity contribution in [3.05, 3.63) is 0 Å². The van der Waals surface area contributed by atoms with Gasteiger partial charge < -0.3 is 47.0 Å². The highest BCUT2D eigenvalue weighted by atomic mass is 31.2. The molecule has 0 amide bonds. The van der Waals surface area contributed by atoms with Crippen molar-refractivity contribution >= 4 is 15.6 Å². The molecule has 0 heterocycles. The molecule has 0 rings (SSSR count). The molecule has 0 radical (unpaired) electrons. The van der Waals surface area contributed by atoms with Crippen molar-refractivity contribution in [1.29, 1.82) is 0 Å². The molecule has 0 fully saturated rings. The molecule has 0 aliphatic heterocycles. The molecule has 0 saturated heterocycles. The minimum atomic E-state index is -4.83. The summed E-state index contributed by atoms with van der Waals surface area (Å²) in [5, 5.41) is 0. The van der Waals surface area contributed by atoms with Crippen LogP contribution in [0.3, 0.4) is 0 Å². The zero-order valence-corrected chi connectivity index (χ0v) is 40.4. The largest absolute Gasteiger partial charge is 0.790 e. The highest BCUT2D eigenvalue weighted by Crippen LogP contribution is 2.37. The molecule has 0 aliphatic rings. The maximum Gasteiger partial charge on any atom is 0.268 e. The van der Waals surface area contributed by atoms with Crippen LogP contribution in [0.5, 0.6) is 0 Å². The Morgan fingerprint density at radius 2 is 0.516 bits per heavy atom. The van der Waals surface area contributed by atoms with Crippen LogP contribution in [0.2, 0.25) is 0 Å². The number of ether oxygens (including phenoxy) is 3. The second-order valence-electron chi connectivity index (χ2n) is 17.3. The van der Waals surface area contributed by atoms with Crippen molar-refractivity contribution in [2.45, 2.75) is 245 Å². The standard InChI is InChI=1S/C30H63O6P.C15H33O5P.4CH4/c1-29(2)21-17-13-9-5-7-11-15-19-23-33-25-27-35-37(31,32)36-28-26-34-24-20-16-12-8-6-10-14-18-22-30(3)4;1-15(2)11-9-7-5-3-4-6-8-10-12-19-13-14-20-21(16,17)18;;;;/h29-30H,5-28H2,1-4H3,(H,31,32);15H,3-14H2,1-2H3,(H2,16,17,18);4*1H4/p-3. The van der Waals surface area contributed by atoms with E-state index in [-0.39, 0.29) is 69.3 Å².